The molecule has 0 radical (unpaired) electrons. The van der Waals surface area contributed by atoms with Gasteiger partial charge < -0.3 is 14.2 Å². The first-order chi connectivity index (χ1) is 12.6. The Morgan fingerprint density at radius 2 is 1.88 bits per heavy atom. The van der Waals surface area contributed by atoms with Crippen LogP contribution in [-0.4, -0.2) is 9.78 Å². The van der Waals surface area contributed by atoms with Gasteiger partial charge in [0.25, 0.3) is 10.7 Å². The molecule has 0 unspecified atom stereocenters. The van der Waals surface area contributed by atoms with Crippen LogP contribution >= 0.6 is 23.8 Å². The number of anilines is 1. The Balaban J connectivity index is 1.66. The van der Waals surface area contributed by atoms with Gasteiger partial charge in [-0.15, -0.1) is 5.10 Å². The molecular formula is C18H12ClN3O3S. The maximum atomic E-state index is 12.2. The number of halogens is 1. The van der Waals surface area contributed by atoms with Crippen molar-refractivity contribution in [2.24, 2.45) is 0 Å². The molecule has 0 spiro atoms. The summed E-state index contributed by atoms with van der Waals surface area (Å²) in [7, 11) is 0. The Hall–Kier alpha value is -2.90. The Kier molecular flexibility index (Phi) is 4.32. The summed E-state index contributed by atoms with van der Waals surface area (Å²) >= 11 is 11.3. The molecular weight excluding hydrogens is 374 g/mol. The van der Waals surface area contributed by atoms with Crippen molar-refractivity contribution in [3.8, 4) is 11.5 Å². The fourth-order valence-electron chi connectivity index (χ4n) is 2.49. The summed E-state index contributed by atoms with van der Waals surface area (Å²) in [5, 5.41) is 8.74. The van der Waals surface area contributed by atoms with Gasteiger partial charge in [-0.2, -0.15) is 0 Å². The number of benzene rings is 2. The summed E-state index contributed by atoms with van der Waals surface area (Å²) in [6, 6.07) is 16.2. The molecule has 0 saturated heterocycles. The lowest BCUT2D eigenvalue weighted by atomic mass is 10.2. The highest BCUT2D eigenvalue weighted by molar-refractivity contribution is 7.71. The zero-order chi connectivity index (χ0) is 18.1. The van der Waals surface area contributed by atoms with E-state index in [1.54, 1.807) is 24.3 Å². The summed E-state index contributed by atoms with van der Waals surface area (Å²) in [5.41, 5.74) is 0.919. The van der Waals surface area contributed by atoms with Crippen LogP contribution in [0.25, 0.3) is 22.4 Å². The van der Waals surface area contributed by atoms with Crippen LogP contribution in [-0.2, 0) is 6.67 Å². The molecule has 0 fully saturated rings. The van der Waals surface area contributed by atoms with Crippen molar-refractivity contribution in [1.82, 2.24) is 9.78 Å². The van der Waals surface area contributed by atoms with Crippen LogP contribution in [0.5, 0.6) is 0 Å². The highest BCUT2D eigenvalue weighted by Gasteiger charge is 2.15. The summed E-state index contributed by atoms with van der Waals surface area (Å²) in [6.07, 6.45) is 0. The first kappa shape index (κ1) is 16.6. The Bertz CT molecular complexity index is 1210. The molecule has 6 nitrogen and oxygen atoms in total. The second kappa shape index (κ2) is 6.78. The molecule has 0 atom stereocenters. The standard InChI is InChI=1S/C18H12ClN3O3S/c19-13-6-2-3-7-14(13)20-10-22-18(26)25-16(21-22)12-9-11-5-1-4-8-15(11)24-17(12)23/h1-9,20H,10H2. The summed E-state index contributed by atoms with van der Waals surface area (Å²) in [6.45, 7) is 0.241. The van der Waals surface area contributed by atoms with E-state index in [4.69, 9.17) is 32.7 Å². The second-order valence-corrected chi connectivity index (χ2v) is 6.23. The average molecular weight is 386 g/mol. The molecule has 0 saturated carbocycles. The van der Waals surface area contributed by atoms with E-state index >= 15 is 0 Å². The largest absolute Gasteiger partial charge is 0.422 e. The topological polar surface area (TPSA) is 73.2 Å². The molecule has 1 N–H and O–H groups in total. The van der Waals surface area contributed by atoms with Gasteiger partial charge in [-0.3, -0.25) is 0 Å². The van der Waals surface area contributed by atoms with Crippen molar-refractivity contribution in [1.29, 1.82) is 0 Å². The lowest BCUT2D eigenvalue weighted by Gasteiger charge is -2.06. The molecule has 8 heteroatoms. The SMILES string of the molecule is O=c1oc2ccccc2cc1-c1nn(CNc2ccccc2Cl)c(=S)o1. The van der Waals surface area contributed by atoms with Gasteiger partial charge in [-0.25, -0.2) is 9.48 Å². The van der Waals surface area contributed by atoms with Crippen LogP contribution in [0, 0.1) is 4.84 Å². The maximum absolute atomic E-state index is 12.2. The Labute approximate surface area is 157 Å². The van der Waals surface area contributed by atoms with Gasteiger partial charge in [0.05, 0.1) is 10.7 Å². The maximum Gasteiger partial charge on any atom is 0.349 e. The van der Waals surface area contributed by atoms with Crippen molar-refractivity contribution in [3.63, 3.8) is 0 Å². The smallest absolute Gasteiger partial charge is 0.349 e. The summed E-state index contributed by atoms with van der Waals surface area (Å²) < 4.78 is 12.2. The fraction of sp³-hybridized carbons (Fsp3) is 0.0556. The van der Waals surface area contributed by atoms with Gasteiger partial charge in [0, 0.05) is 5.39 Å². The average Bonchev–Trinajstić information content (AvgIpc) is 3.01. The van der Waals surface area contributed by atoms with Gasteiger partial charge in [0.2, 0.25) is 0 Å². The van der Waals surface area contributed by atoms with E-state index in [1.165, 1.54) is 4.68 Å². The minimum absolute atomic E-state index is 0.107. The van der Waals surface area contributed by atoms with Gasteiger partial charge in [0.15, 0.2) is 0 Å². The van der Waals surface area contributed by atoms with Gasteiger partial charge >= 0.3 is 5.63 Å². The van der Waals surface area contributed by atoms with E-state index in [0.29, 0.717) is 10.6 Å². The monoisotopic (exact) mass is 385 g/mol. The molecule has 4 aromatic rings. The second-order valence-electron chi connectivity index (χ2n) is 5.47. The van der Waals surface area contributed by atoms with Crippen LogP contribution in [0.2, 0.25) is 5.02 Å². The molecule has 0 aliphatic carbocycles. The Morgan fingerprint density at radius 3 is 2.73 bits per heavy atom. The molecule has 0 amide bonds. The van der Waals surface area contributed by atoms with Gasteiger partial charge in [-0.05, 0) is 36.5 Å². The number of para-hydroxylation sites is 2. The van der Waals surface area contributed by atoms with Crippen molar-refractivity contribution in [3.05, 3.63) is 74.9 Å². The number of fused-ring (bicyclic) bond motifs is 1. The quantitative estimate of drug-likeness (QED) is 0.405. The van der Waals surface area contributed by atoms with E-state index in [9.17, 15) is 4.79 Å². The van der Waals surface area contributed by atoms with Gasteiger partial charge in [0.1, 0.15) is 17.8 Å². The number of hydrogen-bond donors (Lipinski definition) is 1. The van der Waals surface area contributed by atoms with E-state index in [1.807, 2.05) is 30.3 Å². The number of nitrogens with one attached hydrogen (secondary N) is 1. The zero-order valence-electron chi connectivity index (χ0n) is 13.3. The molecule has 0 aliphatic rings. The first-order valence-corrected chi connectivity index (χ1v) is 8.50. The van der Waals surface area contributed by atoms with Crippen LogP contribution in [0.3, 0.4) is 0 Å². The lowest BCUT2D eigenvalue weighted by molar-refractivity contribution is 0.515. The third-order valence-electron chi connectivity index (χ3n) is 3.77. The molecule has 2 aromatic carbocycles. The zero-order valence-corrected chi connectivity index (χ0v) is 14.9. The van der Waals surface area contributed by atoms with E-state index in [-0.39, 0.29) is 23.0 Å². The summed E-state index contributed by atoms with van der Waals surface area (Å²) in [4.78, 5) is 12.4. The first-order valence-electron chi connectivity index (χ1n) is 7.71. The van der Waals surface area contributed by atoms with E-state index < -0.39 is 5.63 Å². The van der Waals surface area contributed by atoms with Crippen LogP contribution < -0.4 is 10.9 Å². The molecule has 4 rings (SSSR count). The third kappa shape index (κ3) is 3.14. The predicted molar refractivity (Wildman–Crippen MR) is 102 cm³/mol. The minimum Gasteiger partial charge on any atom is -0.422 e. The van der Waals surface area contributed by atoms with Crippen LogP contribution in [0.4, 0.5) is 5.69 Å². The van der Waals surface area contributed by atoms with Crippen LogP contribution in [0.15, 0.2) is 68.2 Å². The normalized spacial score (nSPS) is 11.0. The molecule has 0 bridgehead atoms. The number of rotatable bonds is 4. The highest BCUT2D eigenvalue weighted by atomic mass is 35.5. The minimum atomic E-state index is -0.536. The third-order valence-corrected chi connectivity index (χ3v) is 4.39. The number of aromatic nitrogens is 2. The van der Waals surface area contributed by atoms with E-state index in [2.05, 4.69) is 10.4 Å². The van der Waals surface area contributed by atoms with Crippen molar-refractivity contribution in [2.45, 2.75) is 6.67 Å². The fourth-order valence-corrected chi connectivity index (χ4v) is 2.88. The van der Waals surface area contributed by atoms with Crippen molar-refractivity contribution < 1.29 is 8.83 Å². The van der Waals surface area contributed by atoms with Crippen molar-refractivity contribution in [2.75, 3.05) is 5.32 Å². The predicted octanol–water partition coefficient (Wildman–Crippen LogP) is 4.70. The van der Waals surface area contributed by atoms with Gasteiger partial charge in [-0.1, -0.05) is 41.9 Å². The molecule has 2 aromatic heterocycles. The highest BCUT2D eigenvalue weighted by Crippen LogP contribution is 2.22. The number of hydrogen-bond acceptors (Lipinski definition) is 6. The van der Waals surface area contributed by atoms with Crippen molar-refractivity contribution >= 4 is 40.5 Å². The Morgan fingerprint density at radius 1 is 1.12 bits per heavy atom. The molecule has 130 valence electrons. The molecule has 0 aliphatic heterocycles. The van der Waals surface area contributed by atoms with Crippen LogP contribution in [0.1, 0.15) is 0 Å². The van der Waals surface area contributed by atoms with E-state index in [0.717, 1.165) is 11.1 Å². The molecule has 2 heterocycles. The number of nitrogens with zero attached hydrogens (tertiary/aromatic N) is 2. The summed E-state index contributed by atoms with van der Waals surface area (Å²) in [5.74, 6) is 0.107. The lowest BCUT2D eigenvalue weighted by Crippen LogP contribution is -2.10. The molecule has 26 heavy (non-hydrogen) atoms.